The van der Waals surface area contributed by atoms with Crippen LogP contribution in [0.4, 0.5) is 0 Å². The minimum Gasteiger partial charge on any atom is -0.368 e. The first-order valence-corrected chi connectivity index (χ1v) is 8.22. The molecule has 3 N–H and O–H groups in total. The number of hydrogen-bond donors (Lipinski definition) is 2. The Balaban J connectivity index is 1.65. The Hall–Kier alpha value is -0.520. The average molecular weight is 282 g/mol. The summed E-state index contributed by atoms with van der Waals surface area (Å²) in [6.45, 7) is 0. The second-order valence-electron chi connectivity index (χ2n) is 5.28. The number of amides is 1. The predicted molar refractivity (Wildman–Crippen MR) is 75.9 cm³/mol. The standard InChI is InChI=1S/C13H18N2OS2/c14-12(16)13(15-9-3-4-9)6-5-10(8-13)18-11-2-1-7-17-11/h1-2,7,9-10,15H,3-6,8H2,(H2,14,16). The summed E-state index contributed by atoms with van der Waals surface area (Å²) in [5.74, 6) is -0.163. The molecular formula is C13H18N2OS2. The van der Waals surface area contributed by atoms with Crippen LogP contribution in [-0.4, -0.2) is 22.7 Å². The zero-order valence-corrected chi connectivity index (χ0v) is 11.9. The number of primary amides is 1. The molecule has 1 aromatic rings. The highest BCUT2D eigenvalue weighted by atomic mass is 32.2. The minimum atomic E-state index is -0.434. The van der Waals surface area contributed by atoms with E-state index in [1.807, 2.05) is 11.8 Å². The van der Waals surface area contributed by atoms with Gasteiger partial charge in [-0.15, -0.1) is 23.1 Å². The Morgan fingerprint density at radius 3 is 2.94 bits per heavy atom. The van der Waals surface area contributed by atoms with Crippen molar-refractivity contribution in [1.29, 1.82) is 0 Å². The third-order valence-corrected chi connectivity index (χ3v) is 6.12. The summed E-state index contributed by atoms with van der Waals surface area (Å²) in [4.78, 5) is 11.8. The van der Waals surface area contributed by atoms with Gasteiger partial charge < -0.3 is 11.1 Å². The maximum atomic E-state index is 11.8. The monoisotopic (exact) mass is 282 g/mol. The molecule has 1 heterocycles. The predicted octanol–water partition coefficient (Wildman–Crippen LogP) is 2.37. The number of hydrogen-bond acceptors (Lipinski definition) is 4. The third kappa shape index (κ3) is 2.58. The van der Waals surface area contributed by atoms with Gasteiger partial charge >= 0.3 is 0 Å². The molecule has 3 rings (SSSR count). The lowest BCUT2D eigenvalue weighted by Gasteiger charge is -2.27. The third-order valence-electron chi connectivity index (χ3n) is 3.78. The van der Waals surface area contributed by atoms with E-state index in [2.05, 4.69) is 22.8 Å². The number of thiophene rings is 1. The molecule has 2 aliphatic carbocycles. The molecule has 1 aromatic heterocycles. The number of carbonyl (C=O) groups excluding carboxylic acids is 1. The Bertz CT molecular complexity index is 430. The van der Waals surface area contributed by atoms with Crippen LogP contribution in [0, 0.1) is 0 Å². The van der Waals surface area contributed by atoms with Crippen LogP contribution in [0.2, 0.25) is 0 Å². The fourth-order valence-electron chi connectivity index (χ4n) is 2.64. The van der Waals surface area contributed by atoms with Gasteiger partial charge in [-0.3, -0.25) is 4.79 Å². The molecule has 5 heteroatoms. The quantitative estimate of drug-likeness (QED) is 0.872. The van der Waals surface area contributed by atoms with E-state index in [9.17, 15) is 4.79 Å². The molecular weight excluding hydrogens is 264 g/mol. The van der Waals surface area contributed by atoms with Gasteiger partial charge in [0.15, 0.2) is 0 Å². The summed E-state index contributed by atoms with van der Waals surface area (Å²) in [5, 5.41) is 6.11. The van der Waals surface area contributed by atoms with Gasteiger partial charge in [-0.1, -0.05) is 6.07 Å². The highest BCUT2D eigenvalue weighted by molar-refractivity contribution is 8.01. The van der Waals surface area contributed by atoms with Crippen LogP contribution in [0.5, 0.6) is 0 Å². The lowest BCUT2D eigenvalue weighted by atomic mass is 9.96. The number of rotatable bonds is 5. The molecule has 1 amide bonds. The van der Waals surface area contributed by atoms with E-state index in [0.717, 1.165) is 19.3 Å². The van der Waals surface area contributed by atoms with E-state index in [4.69, 9.17) is 5.73 Å². The van der Waals surface area contributed by atoms with Crippen molar-refractivity contribution in [2.45, 2.75) is 53.1 Å². The van der Waals surface area contributed by atoms with Crippen molar-refractivity contribution in [2.24, 2.45) is 5.73 Å². The lowest BCUT2D eigenvalue weighted by molar-refractivity contribution is -0.124. The zero-order valence-electron chi connectivity index (χ0n) is 10.2. The van der Waals surface area contributed by atoms with Crippen LogP contribution in [0.15, 0.2) is 21.7 Å². The largest absolute Gasteiger partial charge is 0.368 e. The molecule has 0 aliphatic heterocycles. The Labute approximate surface area is 116 Å². The molecule has 2 unspecified atom stereocenters. The fraction of sp³-hybridized carbons (Fsp3) is 0.615. The molecule has 18 heavy (non-hydrogen) atoms. The minimum absolute atomic E-state index is 0.163. The van der Waals surface area contributed by atoms with Crippen molar-refractivity contribution in [2.75, 3.05) is 0 Å². The SMILES string of the molecule is NC(=O)C1(NC2CC2)CCC(Sc2cccs2)C1. The fourth-order valence-corrected chi connectivity index (χ4v) is 4.97. The van der Waals surface area contributed by atoms with E-state index in [-0.39, 0.29) is 5.91 Å². The molecule has 3 nitrogen and oxygen atoms in total. The number of thioether (sulfide) groups is 1. The second kappa shape index (κ2) is 4.87. The maximum Gasteiger partial charge on any atom is 0.237 e. The van der Waals surface area contributed by atoms with Crippen molar-refractivity contribution in [3.8, 4) is 0 Å². The van der Waals surface area contributed by atoms with Gasteiger partial charge in [0.05, 0.1) is 9.75 Å². The van der Waals surface area contributed by atoms with Crippen molar-refractivity contribution in [3.63, 3.8) is 0 Å². The first-order valence-electron chi connectivity index (χ1n) is 6.46. The summed E-state index contributed by atoms with van der Waals surface area (Å²) in [7, 11) is 0. The van der Waals surface area contributed by atoms with Gasteiger partial charge in [-0.2, -0.15) is 0 Å². The highest BCUT2D eigenvalue weighted by Crippen LogP contribution is 2.42. The van der Waals surface area contributed by atoms with Crippen molar-refractivity contribution < 1.29 is 4.79 Å². The molecule has 0 spiro atoms. The summed E-state index contributed by atoms with van der Waals surface area (Å²) >= 11 is 3.67. The zero-order chi connectivity index (χ0) is 12.6. The Morgan fingerprint density at radius 1 is 1.50 bits per heavy atom. The van der Waals surface area contributed by atoms with Crippen molar-refractivity contribution in [1.82, 2.24) is 5.32 Å². The second-order valence-corrected chi connectivity index (χ2v) is 7.83. The number of nitrogens with two attached hydrogens (primary N) is 1. The molecule has 2 aliphatic rings. The summed E-state index contributed by atoms with van der Waals surface area (Å²) in [6.07, 6.45) is 5.23. The average Bonchev–Trinajstić information content (AvgIpc) is 2.84. The molecule has 0 saturated heterocycles. The van der Waals surface area contributed by atoms with E-state index in [1.165, 1.54) is 17.1 Å². The first-order chi connectivity index (χ1) is 8.68. The van der Waals surface area contributed by atoms with Gasteiger partial charge in [-0.05, 0) is 43.6 Å². The first kappa shape index (κ1) is 12.5. The van der Waals surface area contributed by atoms with Crippen LogP contribution >= 0.6 is 23.1 Å². The van der Waals surface area contributed by atoms with Gasteiger partial charge in [-0.25, -0.2) is 0 Å². The van der Waals surface area contributed by atoms with Crippen LogP contribution in [0.3, 0.4) is 0 Å². The molecule has 2 saturated carbocycles. The molecule has 0 bridgehead atoms. The normalized spacial score (nSPS) is 31.7. The van der Waals surface area contributed by atoms with Gasteiger partial charge in [0.2, 0.25) is 5.91 Å². The summed E-state index contributed by atoms with van der Waals surface area (Å²) < 4.78 is 1.34. The Morgan fingerprint density at radius 2 is 2.33 bits per heavy atom. The maximum absolute atomic E-state index is 11.8. The number of carbonyl (C=O) groups is 1. The van der Waals surface area contributed by atoms with Gasteiger partial charge in [0.1, 0.15) is 0 Å². The van der Waals surface area contributed by atoms with E-state index < -0.39 is 5.54 Å². The molecule has 98 valence electrons. The number of nitrogens with one attached hydrogen (secondary N) is 1. The van der Waals surface area contributed by atoms with Crippen LogP contribution in [-0.2, 0) is 4.79 Å². The van der Waals surface area contributed by atoms with E-state index in [1.54, 1.807) is 11.3 Å². The summed E-state index contributed by atoms with van der Waals surface area (Å²) in [6, 6.07) is 4.75. The van der Waals surface area contributed by atoms with E-state index in [0.29, 0.717) is 11.3 Å². The smallest absolute Gasteiger partial charge is 0.237 e. The van der Waals surface area contributed by atoms with Crippen LogP contribution < -0.4 is 11.1 Å². The molecule has 0 aromatic carbocycles. The molecule has 2 fully saturated rings. The van der Waals surface area contributed by atoms with E-state index >= 15 is 0 Å². The lowest BCUT2D eigenvalue weighted by Crippen LogP contribution is -2.54. The van der Waals surface area contributed by atoms with Gasteiger partial charge in [0.25, 0.3) is 0 Å². The molecule has 2 atom stereocenters. The van der Waals surface area contributed by atoms with Crippen molar-refractivity contribution in [3.05, 3.63) is 17.5 Å². The van der Waals surface area contributed by atoms with Crippen LogP contribution in [0.25, 0.3) is 0 Å². The topological polar surface area (TPSA) is 55.1 Å². The summed E-state index contributed by atoms with van der Waals surface area (Å²) in [5.41, 5.74) is 5.20. The van der Waals surface area contributed by atoms with Gasteiger partial charge in [0, 0.05) is 11.3 Å². The molecule has 0 radical (unpaired) electrons. The Kier molecular flexibility index (Phi) is 3.38. The van der Waals surface area contributed by atoms with Crippen molar-refractivity contribution >= 4 is 29.0 Å². The highest BCUT2D eigenvalue weighted by Gasteiger charge is 2.46. The van der Waals surface area contributed by atoms with Crippen LogP contribution in [0.1, 0.15) is 32.1 Å².